The van der Waals surface area contributed by atoms with Gasteiger partial charge in [-0.05, 0) is 24.6 Å². The number of benzene rings is 1. The minimum Gasteiger partial charge on any atom is -0.497 e. The second-order valence-corrected chi connectivity index (χ2v) is 6.87. The smallest absolute Gasteiger partial charge is 0.239 e. The van der Waals surface area contributed by atoms with Crippen LogP contribution in [0.2, 0.25) is 0 Å². The van der Waals surface area contributed by atoms with E-state index in [1.54, 1.807) is 7.11 Å². The van der Waals surface area contributed by atoms with Crippen LogP contribution >= 0.6 is 23.1 Å². The fourth-order valence-electron chi connectivity index (χ4n) is 1.98. The van der Waals surface area contributed by atoms with E-state index in [0.29, 0.717) is 16.7 Å². The Morgan fingerprint density at radius 2 is 2.39 bits per heavy atom. The predicted molar refractivity (Wildman–Crippen MR) is 91.1 cm³/mol. The van der Waals surface area contributed by atoms with Crippen LogP contribution in [0.1, 0.15) is 13.3 Å². The molecule has 0 saturated heterocycles. The topological polar surface area (TPSA) is 92.8 Å². The summed E-state index contributed by atoms with van der Waals surface area (Å²) in [6.07, 6.45) is 2.10. The summed E-state index contributed by atoms with van der Waals surface area (Å²) in [5.41, 5.74) is 0.835. The number of hydrogen-bond donors (Lipinski definition) is 2. The quantitative estimate of drug-likeness (QED) is 0.665. The fraction of sp³-hybridized carbons (Fsp3) is 0.286. The maximum atomic E-state index is 12.4. The number of aromatic amines is 1. The molecule has 0 radical (unpaired) electrons. The van der Waals surface area contributed by atoms with E-state index in [4.69, 9.17) is 4.74 Å². The number of anilines is 1. The normalized spacial score (nSPS) is 12.3. The van der Waals surface area contributed by atoms with Gasteiger partial charge in [-0.2, -0.15) is 5.10 Å². The first-order valence-corrected chi connectivity index (χ1v) is 8.66. The van der Waals surface area contributed by atoms with Gasteiger partial charge in [0.2, 0.25) is 5.91 Å². The molecule has 0 spiro atoms. The molecule has 0 fully saturated rings. The number of aromatic nitrogens is 4. The maximum absolute atomic E-state index is 12.4. The molecule has 3 rings (SSSR count). The van der Waals surface area contributed by atoms with Crippen molar-refractivity contribution in [1.29, 1.82) is 0 Å². The van der Waals surface area contributed by atoms with Crippen molar-refractivity contribution in [2.45, 2.75) is 23.8 Å². The zero-order valence-corrected chi connectivity index (χ0v) is 14.2. The van der Waals surface area contributed by atoms with Gasteiger partial charge in [0.1, 0.15) is 12.1 Å². The van der Waals surface area contributed by atoms with Gasteiger partial charge in [-0.1, -0.05) is 30.0 Å². The molecule has 23 heavy (non-hydrogen) atoms. The Bertz CT molecular complexity index is 803. The number of fused-ring (bicyclic) bond motifs is 1. The molecular formula is C14H15N5O2S2. The second-order valence-electron chi connectivity index (χ2n) is 4.65. The molecule has 0 aliphatic carbocycles. The van der Waals surface area contributed by atoms with Gasteiger partial charge in [-0.15, -0.1) is 0 Å². The zero-order valence-electron chi connectivity index (χ0n) is 12.6. The van der Waals surface area contributed by atoms with Crippen LogP contribution in [-0.2, 0) is 4.79 Å². The molecule has 0 aliphatic heterocycles. The summed E-state index contributed by atoms with van der Waals surface area (Å²) in [4.78, 5) is 20.9. The van der Waals surface area contributed by atoms with Gasteiger partial charge in [-0.3, -0.25) is 9.89 Å². The lowest BCUT2D eigenvalue weighted by Gasteiger charge is -2.11. The summed E-state index contributed by atoms with van der Waals surface area (Å²) >= 11 is 2.77. The van der Waals surface area contributed by atoms with Crippen LogP contribution in [0.25, 0.3) is 10.2 Å². The van der Waals surface area contributed by atoms with Crippen molar-refractivity contribution in [1.82, 2.24) is 20.2 Å². The molecule has 0 saturated carbocycles. The van der Waals surface area contributed by atoms with E-state index < -0.39 is 0 Å². The summed E-state index contributed by atoms with van der Waals surface area (Å²) in [7, 11) is 1.62. The van der Waals surface area contributed by atoms with Crippen LogP contribution in [0, 0.1) is 0 Å². The molecular weight excluding hydrogens is 334 g/mol. The molecule has 0 aliphatic rings. The van der Waals surface area contributed by atoms with E-state index in [9.17, 15) is 4.79 Å². The molecule has 2 N–H and O–H groups in total. The van der Waals surface area contributed by atoms with Crippen molar-refractivity contribution in [3.8, 4) is 5.75 Å². The van der Waals surface area contributed by atoms with E-state index in [2.05, 4.69) is 25.5 Å². The lowest BCUT2D eigenvalue weighted by atomic mass is 10.3. The van der Waals surface area contributed by atoms with Crippen LogP contribution in [0.3, 0.4) is 0 Å². The van der Waals surface area contributed by atoms with Gasteiger partial charge in [-0.25, -0.2) is 9.97 Å². The summed E-state index contributed by atoms with van der Waals surface area (Å²) < 4.78 is 6.17. The number of thiazole rings is 1. The van der Waals surface area contributed by atoms with Crippen molar-refractivity contribution < 1.29 is 9.53 Å². The Labute approximate surface area is 140 Å². The lowest BCUT2D eigenvalue weighted by molar-refractivity contribution is -0.115. The average Bonchev–Trinajstić information content (AvgIpc) is 3.20. The number of methoxy groups -OCH3 is 1. The van der Waals surface area contributed by atoms with Crippen molar-refractivity contribution in [2.24, 2.45) is 0 Å². The van der Waals surface area contributed by atoms with Gasteiger partial charge in [0, 0.05) is 0 Å². The highest BCUT2D eigenvalue weighted by Gasteiger charge is 2.20. The van der Waals surface area contributed by atoms with Gasteiger partial charge in [0.25, 0.3) is 0 Å². The minimum absolute atomic E-state index is 0.0973. The number of H-pyrrole nitrogens is 1. The molecule has 120 valence electrons. The standard InChI is InChI=1S/C14H15N5O2S2/c1-3-10(22-13-15-7-16-19-13)12(20)18-14-17-9-5-4-8(21-2)6-11(9)23-14/h4-7,10H,3H2,1-2H3,(H,15,16,19)(H,17,18,20). The SMILES string of the molecule is CCC(Sc1ncn[nH]1)C(=O)Nc1nc2ccc(OC)cc2s1. The lowest BCUT2D eigenvalue weighted by Crippen LogP contribution is -2.24. The summed E-state index contributed by atoms with van der Waals surface area (Å²) in [5, 5.41) is 10.4. The fourth-order valence-corrected chi connectivity index (χ4v) is 3.69. The number of nitrogens with one attached hydrogen (secondary N) is 2. The highest BCUT2D eigenvalue weighted by atomic mass is 32.2. The number of hydrogen-bond acceptors (Lipinski definition) is 7. The molecule has 2 aromatic heterocycles. The monoisotopic (exact) mass is 349 g/mol. The van der Waals surface area contributed by atoms with Crippen molar-refractivity contribution >= 4 is 44.4 Å². The Balaban J connectivity index is 1.73. The summed E-state index contributed by atoms with van der Waals surface area (Å²) in [5.74, 6) is 0.672. The molecule has 3 aromatic rings. The van der Waals surface area contributed by atoms with E-state index in [1.165, 1.54) is 29.4 Å². The molecule has 1 atom stereocenters. The third-order valence-electron chi connectivity index (χ3n) is 3.14. The average molecular weight is 349 g/mol. The Morgan fingerprint density at radius 1 is 1.52 bits per heavy atom. The van der Waals surface area contributed by atoms with Crippen LogP contribution in [0.5, 0.6) is 5.75 Å². The van der Waals surface area contributed by atoms with Crippen molar-refractivity contribution in [3.63, 3.8) is 0 Å². The number of carbonyl (C=O) groups excluding carboxylic acids is 1. The highest BCUT2D eigenvalue weighted by molar-refractivity contribution is 8.00. The molecule has 7 nitrogen and oxygen atoms in total. The van der Waals surface area contributed by atoms with Gasteiger partial charge < -0.3 is 10.1 Å². The molecule has 0 bridgehead atoms. The highest BCUT2D eigenvalue weighted by Crippen LogP contribution is 2.30. The van der Waals surface area contributed by atoms with Crippen molar-refractivity contribution in [2.75, 3.05) is 12.4 Å². The second kappa shape index (κ2) is 6.97. The molecule has 1 aromatic carbocycles. The maximum Gasteiger partial charge on any atom is 0.239 e. The third-order valence-corrected chi connectivity index (χ3v) is 5.32. The molecule has 9 heteroatoms. The van der Waals surface area contributed by atoms with Gasteiger partial charge in [0.15, 0.2) is 10.3 Å². The van der Waals surface area contributed by atoms with E-state index in [1.807, 2.05) is 25.1 Å². The first-order chi connectivity index (χ1) is 11.2. The number of ether oxygens (including phenoxy) is 1. The Morgan fingerprint density at radius 3 is 3.09 bits per heavy atom. The Kier molecular flexibility index (Phi) is 4.77. The molecule has 1 amide bonds. The summed E-state index contributed by atoms with van der Waals surface area (Å²) in [6.45, 7) is 1.96. The van der Waals surface area contributed by atoms with Crippen LogP contribution < -0.4 is 10.1 Å². The number of thioether (sulfide) groups is 1. The minimum atomic E-state index is -0.260. The van der Waals surface area contributed by atoms with Crippen molar-refractivity contribution in [3.05, 3.63) is 24.5 Å². The number of amides is 1. The zero-order chi connectivity index (χ0) is 16.2. The first-order valence-electron chi connectivity index (χ1n) is 6.97. The van der Waals surface area contributed by atoms with E-state index in [-0.39, 0.29) is 11.2 Å². The first kappa shape index (κ1) is 15.8. The number of rotatable bonds is 6. The van der Waals surface area contributed by atoms with Crippen LogP contribution in [0.4, 0.5) is 5.13 Å². The molecule has 2 heterocycles. The predicted octanol–water partition coefficient (Wildman–Crippen LogP) is 2.93. The van der Waals surface area contributed by atoms with Crippen LogP contribution in [0.15, 0.2) is 29.7 Å². The van der Waals surface area contributed by atoms with E-state index >= 15 is 0 Å². The van der Waals surface area contributed by atoms with Gasteiger partial charge in [0.05, 0.1) is 22.6 Å². The third kappa shape index (κ3) is 3.62. The molecule has 1 unspecified atom stereocenters. The van der Waals surface area contributed by atoms with Gasteiger partial charge >= 0.3 is 0 Å². The van der Waals surface area contributed by atoms with E-state index in [0.717, 1.165) is 16.0 Å². The number of nitrogens with zero attached hydrogens (tertiary/aromatic N) is 3. The van der Waals surface area contributed by atoms with Crippen LogP contribution in [-0.4, -0.2) is 38.4 Å². The summed E-state index contributed by atoms with van der Waals surface area (Å²) in [6, 6.07) is 5.63. The Hall–Kier alpha value is -2.13. The largest absolute Gasteiger partial charge is 0.497 e. The number of carbonyl (C=O) groups is 1.